The van der Waals surface area contributed by atoms with Crippen LogP contribution in [0.4, 0.5) is 9.18 Å². The monoisotopic (exact) mass is 602 g/mol. The first-order valence-corrected chi connectivity index (χ1v) is 12.4. The van der Waals surface area contributed by atoms with Crippen LogP contribution in [0.25, 0.3) is 6.08 Å². The van der Waals surface area contributed by atoms with Gasteiger partial charge in [0.15, 0.2) is 11.5 Å². The van der Waals surface area contributed by atoms with Crippen LogP contribution in [0.3, 0.4) is 0 Å². The molecule has 0 unspecified atom stereocenters. The minimum Gasteiger partial charge on any atom is -0.490 e. The number of ether oxygens (including phenoxy) is 2. The van der Waals surface area contributed by atoms with Crippen LogP contribution < -0.4 is 14.8 Å². The van der Waals surface area contributed by atoms with Crippen molar-refractivity contribution >= 4 is 49.9 Å². The van der Waals surface area contributed by atoms with Gasteiger partial charge in [-0.05, 0) is 54.5 Å². The predicted molar refractivity (Wildman–Crippen MR) is 137 cm³/mol. The first kappa shape index (κ1) is 24.9. The van der Waals surface area contributed by atoms with E-state index in [-0.39, 0.29) is 24.7 Å². The van der Waals surface area contributed by atoms with Crippen molar-refractivity contribution in [3.8, 4) is 11.5 Å². The molecule has 0 aliphatic carbocycles. The largest absolute Gasteiger partial charge is 0.490 e. The van der Waals surface area contributed by atoms with Crippen LogP contribution in [-0.2, 0) is 17.9 Å². The summed E-state index contributed by atoms with van der Waals surface area (Å²) >= 11 is 6.87. The molecule has 4 rings (SSSR count). The first-order chi connectivity index (χ1) is 16.9. The lowest BCUT2D eigenvalue weighted by Crippen LogP contribution is -2.30. The van der Waals surface area contributed by atoms with Crippen molar-refractivity contribution in [1.82, 2.24) is 10.2 Å². The molecule has 1 N–H and O–H groups in total. The molecule has 1 saturated heterocycles. The second kappa shape index (κ2) is 11.0. The number of nitrogens with one attached hydrogen (secondary N) is 1. The fourth-order valence-corrected chi connectivity index (χ4v) is 4.16. The molecule has 1 heterocycles. The molecule has 1 aliphatic heterocycles. The summed E-state index contributed by atoms with van der Waals surface area (Å²) in [7, 11) is 0. The van der Waals surface area contributed by atoms with E-state index in [9.17, 15) is 14.0 Å². The van der Waals surface area contributed by atoms with Crippen LogP contribution >= 0.6 is 31.9 Å². The summed E-state index contributed by atoms with van der Waals surface area (Å²) in [6.07, 6.45) is 1.58. The van der Waals surface area contributed by atoms with Gasteiger partial charge in [-0.2, -0.15) is 0 Å². The summed E-state index contributed by atoms with van der Waals surface area (Å²) in [6.45, 7) is 2.40. The van der Waals surface area contributed by atoms with Gasteiger partial charge in [0.2, 0.25) is 0 Å². The molecular formula is C26H21Br2FN2O4. The summed E-state index contributed by atoms with van der Waals surface area (Å²) in [5, 5.41) is 2.63. The highest BCUT2D eigenvalue weighted by Crippen LogP contribution is 2.36. The van der Waals surface area contributed by atoms with E-state index in [1.54, 1.807) is 36.4 Å². The van der Waals surface area contributed by atoms with Crippen LogP contribution in [0.15, 0.2) is 75.3 Å². The first-order valence-electron chi connectivity index (χ1n) is 10.8. The van der Waals surface area contributed by atoms with Gasteiger partial charge in [0, 0.05) is 14.5 Å². The van der Waals surface area contributed by atoms with Gasteiger partial charge in [0.1, 0.15) is 18.1 Å². The summed E-state index contributed by atoms with van der Waals surface area (Å²) in [5.41, 5.74) is 2.01. The number of hydrogen-bond acceptors (Lipinski definition) is 4. The summed E-state index contributed by atoms with van der Waals surface area (Å²) < 4.78 is 27.0. The number of benzene rings is 3. The van der Waals surface area contributed by atoms with Gasteiger partial charge in [0.25, 0.3) is 5.91 Å². The van der Waals surface area contributed by atoms with Crippen molar-refractivity contribution < 1.29 is 23.5 Å². The number of imide groups is 1. The highest BCUT2D eigenvalue weighted by molar-refractivity contribution is 9.10. The molecule has 0 spiro atoms. The highest BCUT2D eigenvalue weighted by atomic mass is 79.9. The van der Waals surface area contributed by atoms with E-state index < -0.39 is 11.9 Å². The Morgan fingerprint density at radius 1 is 1.00 bits per heavy atom. The predicted octanol–water partition coefficient (Wildman–Crippen LogP) is 6.42. The van der Waals surface area contributed by atoms with Crippen LogP contribution in [-0.4, -0.2) is 23.4 Å². The average Bonchev–Trinajstić information content (AvgIpc) is 3.09. The lowest BCUT2D eigenvalue weighted by Gasteiger charge is -2.14. The van der Waals surface area contributed by atoms with Crippen molar-refractivity contribution in [1.29, 1.82) is 0 Å². The Morgan fingerprint density at radius 2 is 1.71 bits per heavy atom. The van der Waals surface area contributed by atoms with Crippen LogP contribution in [0.1, 0.15) is 23.6 Å². The molecule has 180 valence electrons. The van der Waals surface area contributed by atoms with E-state index in [1.165, 1.54) is 6.07 Å². The topological polar surface area (TPSA) is 67.9 Å². The number of carbonyl (C=O) groups excluding carboxylic acids is 2. The van der Waals surface area contributed by atoms with Gasteiger partial charge in [-0.3, -0.25) is 9.69 Å². The number of amides is 3. The number of carbonyl (C=O) groups is 2. The fourth-order valence-electron chi connectivity index (χ4n) is 3.46. The maximum atomic E-state index is 14.0. The van der Waals surface area contributed by atoms with Gasteiger partial charge in [-0.15, -0.1) is 0 Å². The lowest BCUT2D eigenvalue weighted by molar-refractivity contribution is -0.123. The second-order valence-electron chi connectivity index (χ2n) is 7.64. The third-order valence-corrected chi connectivity index (χ3v) is 6.44. The van der Waals surface area contributed by atoms with E-state index in [4.69, 9.17) is 9.47 Å². The molecule has 3 aromatic carbocycles. The Balaban J connectivity index is 1.56. The zero-order valence-corrected chi connectivity index (χ0v) is 21.9. The smallest absolute Gasteiger partial charge is 0.329 e. The Bertz CT molecular complexity index is 1300. The number of rotatable bonds is 8. The second-order valence-corrected chi connectivity index (χ2v) is 9.41. The minimum atomic E-state index is -0.491. The molecule has 3 amide bonds. The molecule has 1 fully saturated rings. The Labute approximate surface area is 219 Å². The normalized spacial score (nSPS) is 14.4. The van der Waals surface area contributed by atoms with Crippen LogP contribution in [0.5, 0.6) is 11.5 Å². The standard InChI is InChI=1S/C26H21Br2FN2O4/c1-2-34-23-12-18(20(28)13-24(23)35-15-17-5-3-4-6-21(17)29)11-22-25(32)31(26(33)30-22)14-16-7-9-19(27)10-8-16/h3-13H,2,14-15H2,1H3,(H,30,33)/b22-11+. The van der Waals surface area contributed by atoms with E-state index in [1.807, 2.05) is 31.2 Å². The summed E-state index contributed by atoms with van der Waals surface area (Å²) in [5.74, 6) is 0.0712. The van der Waals surface area contributed by atoms with Gasteiger partial charge in [0.05, 0.1) is 13.2 Å². The molecule has 0 bridgehead atoms. The highest BCUT2D eigenvalue weighted by Gasteiger charge is 2.33. The summed E-state index contributed by atoms with van der Waals surface area (Å²) in [4.78, 5) is 26.6. The molecule has 0 saturated carbocycles. The Hall–Kier alpha value is -3.17. The number of urea groups is 1. The SMILES string of the molecule is CCOc1cc(/C=C2/NC(=O)N(Cc3ccc(Br)cc3)C2=O)c(Br)cc1OCc1ccccc1F. The Kier molecular flexibility index (Phi) is 7.87. The fraction of sp³-hybridized carbons (Fsp3) is 0.154. The van der Waals surface area contributed by atoms with E-state index in [0.717, 1.165) is 14.9 Å². The van der Waals surface area contributed by atoms with Crippen LogP contribution in [0, 0.1) is 5.82 Å². The number of hydrogen-bond donors (Lipinski definition) is 1. The quantitative estimate of drug-likeness (QED) is 0.238. The molecule has 9 heteroatoms. The number of nitrogens with zero attached hydrogens (tertiary/aromatic N) is 1. The van der Waals surface area contributed by atoms with Crippen LogP contribution in [0.2, 0.25) is 0 Å². The van der Waals surface area contributed by atoms with E-state index in [0.29, 0.717) is 33.7 Å². The van der Waals surface area contributed by atoms with Gasteiger partial charge in [-0.1, -0.05) is 62.2 Å². The van der Waals surface area contributed by atoms with Gasteiger partial charge >= 0.3 is 6.03 Å². The third-order valence-electron chi connectivity index (χ3n) is 5.22. The molecule has 1 aliphatic rings. The number of halogens is 3. The Morgan fingerprint density at radius 3 is 2.43 bits per heavy atom. The molecule has 0 atom stereocenters. The maximum absolute atomic E-state index is 14.0. The molecule has 6 nitrogen and oxygen atoms in total. The van der Waals surface area contributed by atoms with Gasteiger partial charge in [-0.25, -0.2) is 9.18 Å². The van der Waals surface area contributed by atoms with E-state index >= 15 is 0 Å². The lowest BCUT2D eigenvalue weighted by atomic mass is 10.1. The van der Waals surface area contributed by atoms with Crippen molar-refractivity contribution in [2.24, 2.45) is 0 Å². The molecule has 0 radical (unpaired) electrons. The third kappa shape index (κ3) is 5.91. The molecule has 35 heavy (non-hydrogen) atoms. The zero-order valence-electron chi connectivity index (χ0n) is 18.7. The van der Waals surface area contributed by atoms with Crippen molar-refractivity contribution in [3.05, 3.63) is 97.8 Å². The van der Waals surface area contributed by atoms with Crippen molar-refractivity contribution in [3.63, 3.8) is 0 Å². The average molecular weight is 604 g/mol. The molecule has 3 aromatic rings. The molecular weight excluding hydrogens is 583 g/mol. The maximum Gasteiger partial charge on any atom is 0.329 e. The molecule has 0 aromatic heterocycles. The minimum absolute atomic E-state index is 0.0270. The van der Waals surface area contributed by atoms with Crippen molar-refractivity contribution in [2.75, 3.05) is 6.61 Å². The zero-order chi connectivity index (χ0) is 24.9. The van der Waals surface area contributed by atoms with Gasteiger partial charge < -0.3 is 14.8 Å². The van der Waals surface area contributed by atoms with E-state index in [2.05, 4.69) is 37.2 Å². The van der Waals surface area contributed by atoms with Crippen molar-refractivity contribution in [2.45, 2.75) is 20.1 Å². The summed E-state index contributed by atoms with van der Waals surface area (Å²) in [6, 6.07) is 16.7.